The van der Waals surface area contributed by atoms with Gasteiger partial charge in [0.05, 0.1) is 25.0 Å². The van der Waals surface area contributed by atoms with E-state index in [4.69, 9.17) is 14.9 Å². The van der Waals surface area contributed by atoms with Crippen LogP contribution in [0, 0.1) is 17.3 Å². The van der Waals surface area contributed by atoms with E-state index in [1.165, 1.54) is 12.0 Å². The zero-order chi connectivity index (χ0) is 13.9. The zero-order valence-electron chi connectivity index (χ0n) is 11.0. The third kappa shape index (κ3) is 2.81. The summed E-state index contributed by atoms with van der Waals surface area (Å²) in [5, 5.41) is 18.0. The summed E-state index contributed by atoms with van der Waals surface area (Å²) < 4.78 is 4.90. The molecule has 0 heterocycles. The van der Waals surface area contributed by atoms with Crippen LogP contribution in [0.4, 0.5) is 0 Å². The summed E-state index contributed by atoms with van der Waals surface area (Å²) >= 11 is 0. The van der Waals surface area contributed by atoms with E-state index in [0.29, 0.717) is 13.2 Å². The summed E-state index contributed by atoms with van der Waals surface area (Å²) in [6, 6.07) is 0. The van der Waals surface area contributed by atoms with Gasteiger partial charge < -0.3 is 19.8 Å². The first-order chi connectivity index (χ1) is 8.37. The number of carbonyl (C=O) groups excluding carboxylic acids is 1. The maximum Gasteiger partial charge on any atom is 0.307 e. The Bertz CT molecular complexity index is 328. The van der Waals surface area contributed by atoms with Crippen LogP contribution in [0.5, 0.6) is 0 Å². The van der Waals surface area contributed by atoms with Crippen molar-refractivity contribution in [3.63, 3.8) is 0 Å². The highest BCUT2D eigenvalue weighted by Crippen LogP contribution is 2.58. The molecule has 0 aromatic rings. The molecule has 104 valence electrons. The van der Waals surface area contributed by atoms with E-state index >= 15 is 0 Å². The van der Waals surface area contributed by atoms with Crippen LogP contribution >= 0.6 is 0 Å². The molecule has 0 saturated heterocycles. The molecule has 1 amide bonds. The van der Waals surface area contributed by atoms with Crippen molar-refractivity contribution in [1.82, 2.24) is 4.90 Å². The van der Waals surface area contributed by atoms with Crippen LogP contribution in [0.25, 0.3) is 0 Å². The minimum absolute atomic E-state index is 0.139. The Balaban J connectivity index is 2.69. The van der Waals surface area contributed by atoms with Gasteiger partial charge >= 0.3 is 5.97 Å². The maximum absolute atomic E-state index is 12.2. The van der Waals surface area contributed by atoms with Gasteiger partial charge in [-0.1, -0.05) is 13.8 Å². The van der Waals surface area contributed by atoms with Crippen LogP contribution in [-0.4, -0.2) is 60.4 Å². The van der Waals surface area contributed by atoms with Gasteiger partial charge in [-0.15, -0.1) is 0 Å². The van der Waals surface area contributed by atoms with Gasteiger partial charge in [-0.25, -0.2) is 0 Å². The molecular formula is C12H21NO5. The number of amides is 1. The third-order valence-corrected chi connectivity index (χ3v) is 3.61. The lowest BCUT2D eigenvalue weighted by molar-refractivity contribution is -0.142. The molecule has 1 fully saturated rings. The minimum Gasteiger partial charge on any atom is -0.481 e. The number of nitrogens with zero attached hydrogens (tertiary/aromatic N) is 1. The fourth-order valence-corrected chi connectivity index (χ4v) is 2.41. The van der Waals surface area contributed by atoms with Crippen LogP contribution in [0.3, 0.4) is 0 Å². The van der Waals surface area contributed by atoms with Crippen molar-refractivity contribution in [1.29, 1.82) is 0 Å². The van der Waals surface area contributed by atoms with Gasteiger partial charge in [-0.05, 0) is 5.41 Å². The maximum atomic E-state index is 12.2. The fourth-order valence-electron chi connectivity index (χ4n) is 2.41. The van der Waals surface area contributed by atoms with Crippen LogP contribution in [0.2, 0.25) is 0 Å². The quantitative estimate of drug-likeness (QED) is 0.661. The summed E-state index contributed by atoms with van der Waals surface area (Å²) in [6.45, 7) is 4.37. The number of ether oxygens (including phenoxy) is 1. The average Bonchev–Trinajstić information content (AvgIpc) is 2.87. The Morgan fingerprint density at radius 1 is 1.28 bits per heavy atom. The molecule has 2 N–H and O–H groups in total. The van der Waals surface area contributed by atoms with E-state index in [9.17, 15) is 9.59 Å². The molecule has 1 rings (SSSR count). The standard InChI is InChI=1S/C12H21NO5/c1-12(2)8(9(12)11(16)17)10(15)13(4-6-14)5-7-18-3/h8-9,14H,4-7H2,1-3H3,(H,16,17)/t8-,9+/m1/s1. The molecule has 18 heavy (non-hydrogen) atoms. The summed E-state index contributed by atoms with van der Waals surface area (Å²) in [4.78, 5) is 24.7. The molecular weight excluding hydrogens is 238 g/mol. The number of carbonyl (C=O) groups is 2. The predicted molar refractivity (Wildman–Crippen MR) is 63.9 cm³/mol. The summed E-state index contributed by atoms with van der Waals surface area (Å²) in [6.07, 6.45) is 0. The molecule has 1 aliphatic carbocycles. The van der Waals surface area contributed by atoms with E-state index in [1.54, 1.807) is 13.8 Å². The molecule has 0 aromatic carbocycles. The molecule has 6 nitrogen and oxygen atoms in total. The molecule has 2 atom stereocenters. The minimum atomic E-state index is -0.936. The van der Waals surface area contributed by atoms with Gasteiger partial charge in [0, 0.05) is 20.2 Å². The summed E-state index contributed by atoms with van der Waals surface area (Å²) in [5.41, 5.74) is -0.510. The van der Waals surface area contributed by atoms with E-state index in [-0.39, 0.29) is 19.1 Å². The number of hydrogen-bond donors (Lipinski definition) is 2. The SMILES string of the molecule is COCCN(CCO)C(=O)[C@H]1[C@@H](C(=O)O)C1(C)C. The Kier molecular flexibility index (Phi) is 4.70. The molecule has 0 aromatic heterocycles. The first-order valence-electron chi connectivity index (χ1n) is 5.99. The van der Waals surface area contributed by atoms with Crippen molar-refractivity contribution < 1.29 is 24.5 Å². The number of aliphatic hydroxyl groups excluding tert-OH is 1. The molecule has 0 bridgehead atoms. The fraction of sp³-hybridized carbons (Fsp3) is 0.833. The number of rotatable bonds is 7. The van der Waals surface area contributed by atoms with Gasteiger partial charge in [0.25, 0.3) is 0 Å². The van der Waals surface area contributed by atoms with Gasteiger partial charge in [-0.3, -0.25) is 9.59 Å². The molecule has 0 aliphatic heterocycles. The van der Waals surface area contributed by atoms with Gasteiger partial charge in [-0.2, -0.15) is 0 Å². The van der Waals surface area contributed by atoms with Crippen LogP contribution < -0.4 is 0 Å². The second-order valence-electron chi connectivity index (χ2n) is 5.16. The van der Waals surface area contributed by atoms with E-state index in [1.807, 2.05) is 0 Å². The van der Waals surface area contributed by atoms with Crippen LogP contribution in [-0.2, 0) is 14.3 Å². The number of carboxylic acids is 1. The van der Waals surface area contributed by atoms with Crippen molar-refractivity contribution in [2.75, 3.05) is 33.4 Å². The highest BCUT2D eigenvalue weighted by Gasteiger charge is 2.66. The average molecular weight is 259 g/mol. The zero-order valence-corrected chi connectivity index (χ0v) is 11.0. The van der Waals surface area contributed by atoms with Crippen molar-refractivity contribution in [2.24, 2.45) is 17.3 Å². The van der Waals surface area contributed by atoms with E-state index < -0.39 is 23.2 Å². The monoisotopic (exact) mass is 259 g/mol. The molecule has 0 spiro atoms. The molecule has 1 saturated carbocycles. The van der Waals surface area contributed by atoms with Crippen LogP contribution in [0.15, 0.2) is 0 Å². The lowest BCUT2D eigenvalue weighted by Gasteiger charge is -2.22. The number of aliphatic hydroxyl groups is 1. The number of methoxy groups -OCH3 is 1. The second-order valence-corrected chi connectivity index (χ2v) is 5.16. The first kappa shape index (κ1) is 14.9. The summed E-state index contributed by atoms with van der Waals surface area (Å²) in [5.74, 6) is -2.28. The topological polar surface area (TPSA) is 87.1 Å². The molecule has 0 radical (unpaired) electrons. The van der Waals surface area contributed by atoms with E-state index in [2.05, 4.69) is 0 Å². The number of carboxylic acid groups (broad SMARTS) is 1. The van der Waals surface area contributed by atoms with Crippen molar-refractivity contribution in [2.45, 2.75) is 13.8 Å². The highest BCUT2D eigenvalue weighted by atomic mass is 16.5. The third-order valence-electron chi connectivity index (χ3n) is 3.61. The Hall–Kier alpha value is -1.14. The van der Waals surface area contributed by atoms with Gasteiger partial charge in [0.2, 0.25) is 5.91 Å². The number of aliphatic carboxylic acids is 1. The Morgan fingerprint density at radius 2 is 1.89 bits per heavy atom. The van der Waals surface area contributed by atoms with Crippen molar-refractivity contribution in [3.8, 4) is 0 Å². The van der Waals surface area contributed by atoms with E-state index in [0.717, 1.165) is 0 Å². The highest BCUT2D eigenvalue weighted by molar-refractivity contribution is 5.91. The number of hydrogen-bond acceptors (Lipinski definition) is 4. The molecule has 1 aliphatic rings. The second kappa shape index (κ2) is 5.67. The Morgan fingerprint density at radius 3 is 2.28 bits per heavy atom. The van der Waals surface area contributed by atoms with Crippen LogP contribution in [0.1, 0.15) is 13.8 Å². The first-order valence-corrected chi connectivity index (χ1v) is 5.99. The molecule has 6 heteroatoms. The smallest absolute Gasteiger partial charge is 0.307 e. The lowest BCUT2D eigenvalue weighted by atomic mass is 10.1. The van der Waals surface area contributed by atoms with Crippen molar-refractivity contribution in [3.05, 3.63) is 0 Å². The summed E-state index contributed by atoms with van der Waals surface area (Å²) in [7, 11) is 1.53. The molecule has 0 unspecified atom stereocenters. The van der Waals surface area contributed by atoms with Gasteiger partial charge in [0.1, 0.15) is 0 Å². The Labute approximate surface area is 107 Å². The van der Waals surface area contributed by atoms with Gasteiger partial charge in [0.15, 0.2) is 0 Å². The normalized spacial score (nSPS) is 24.7. The largest absolute Gasteiger partial charge is 0.481 e. The lowest BCUT2D eigenvalue weighted by Crippen LogP contribution is -2.38. The van der Waals surface area contributed by atoms with Crippen molar-refractivity contribution >= 4 is 11.9 Å². The predicted octanol–water partition coefficient (Wildman–Crippen LogP) is -0.189.